The van der Waals surface area contributed by atoms with E-state index in [9.17, 15) is 19.8 Å². The van der Waals surface area contributed by atoms with E-state index in [1.807, 2.05) is 17.5 Å². The standard InChI is InChI=1S/C22H16N2O6S2/c25-15-3-2-13(8-16(15)26)17(27)10-32-22-23-14-5-6-31-20(14)21(28)24(22)9-12-1-4-18-19(7-12)30-11-29-18/h1-8,25-26H,9-11H2. The van der Waals surface area contributed by atoms with Crippen LogP contribution in [0.15, 0.2) is 57.8 Å². The lowest BCUT2D eigenvalue weighted by Crippen LogP contribution is -2.23. The molecule has 0 saturated heterocycles. The Hall–Kier alpha value is -3.50. The SMILES string of the molecule is O=C(CSc1nc2ccsc2c(=O)n1Cc1ccc2c(c1)OCO2)c1ccc(O)c(O)c1. The number of phenolic OH excluding ortho intramolecular Hbond substituents is 2. The number of rotatable bonds is 6. The maximum absolute atomic E-state index is 13.2. The minimum absolute atomic E-state index is 0.00738. The van der Waals surface area contributed by atoms with Crippen LogP contribution in [-0.4, -0.2) is 38.1 Å². The van der Waals surface area contributed by atoms with Crippen LogP contribution in [0.1, 0.15) is 15.9 Å². The molecule has 4 aromatic rings. The van der Waals surface area contributed by atoms with Crippen LogP contribution in [0, 0.1) is 0 Å². The molecule has 0 aliphatic carbocycles. The summed E-state index contributed by atoms with van der Waals surface area (Å²) >= 11 is 2.47. The Labute approximate surface area is 189 Å². The maximum Gasteiger partial charge on any atom is 0.272 e. The van der Waals surface area contributed by atoms with E-state index in [4.69, 9.17) is 9.47 Å². The predicted molar refractivity (Wildman–Crippen MR) is 120 cm³/mol. The zero-order valence-electron chi connectivity index (χ0n) is 16.5. The monoisotopic (exact) mass is 468 g/mol. The molecular weight excluding hydrogens is 452 g/mol. The highest BCUT2D eigenvalue weighted by atomic mass is 32.2. The van der Waals surface area contributed by atoms with Crippen molar-refractivity contribution in [3.63, 3.8) is 0 Å². The lowest BCUT2D eigenvalue weighted by molar-refractivity contribution is 0.102. The molecule has 1 aliphatic heterocycles. The summed E-state index contributed by atoms with van der Waals surface area (Å²) in [6.45, 7) is 0.421. The summed E-state index contributed by atoms with van der Waals surface area (Å²) in [5, 5.41) is 21.3. The molecule has 0 amide bonds. The normalized spacial score (nSPS) is 12.4. The topological polar surface area (TPSA) is 111 Å². The quantitative estimate of drug-likeness (QED) is 0.191. The number of Topliss-reactive ketones (excluding diaryl/α,β-unsaturated/α-hetero) is 1. The largest absolute Gasteiger partial charge is 0.504 e. The fourth-order valence-corrected chi connectivity index (χ4v) is 4.98. The summed E-state index contributed by atoms with van der Waals surface area (Å²) < 4.78 is 12.9. The second kappa shape index (κ2) is 8.21. The van der Waals surface area contributed by atoms with Crippen LogP contribution in [0.5, 0.6) is 23.0 Å². The van der Waals surface area contributed by atoms with Crippen LogP contribution >= 0.6 is 23.1 Å². The van der Waals surface area contributed by atoms with Gasteiger partial charge in [-0.15, -0.1) is 11.3 Å². The van der Waals surface area contributed by atoms with E-state index in [-0.39, 0.29) is 47.5 Å². The van der Waals surface area contributed by atoms with Crippen LogP contribution in [0.3, 0.4) is 0 Å². The summed E-state index contributed by atoms with van der Waals surface area (Å²) in [6, 6.07) is 11.2. The third kappa shape index (κ3) is 3.78. The van der Waals surface area contributed by atoms with Gasteiger partial charge in [-0.05, 0) is 47.3 Å². The molecule has 32 heavy (non-hydrogen) atoms. The smallest absolute Gasteiger partial charge is 0.272 e. The van der Waals surface area contributed by atoms with Gasteiger partial charge in [0.1, 0.15) is 4.70 Å². The van der Waals surface area contributed by atoms with Gasteiger partial charge in [-0.1, -0.05) is 17.8 Å². The summed E-state index contributed by atoms with van der Waals surface area (Å²) in [7, 11) is 0. The third-order valence-corrected chi connectivity index (χ3v) is 6.81. The number of carbonyl (C=O) groups is 1. The number of ether oxygens (including phenoxy) is 2. The fraction of sp³-hybridized carbons (Fsp3) is 0.136. The number of aromatic nitrogens is 2. The number of benzene rings is 2. The predicted octanol–water partition coefficient (Wildman–Crippen LogP) is 3.62. The number of nitrogens with zero attached hydrogens (tertiary/aromatic N) is 2. The van der Waals surface area contributed by atoms with Gasteiger partial charge in [-0.25, -0.2) is 4.98 Å². The minimum atomic E-state index is -0.363. The Bertz CT molecular complexity index is 1410. The summed E-state index contributed by atoms with van der Waals surface area (Å²) in [5.41, 5.74) is 1.50. The lowest BCUT2D eigenvalue weighted by atomic mass is 10.1. The van der Waals surface area contributed by atoms with Crippen molar-refractivity contribution in [3.8, 4) is 23.0 Å². The molecule has 8 nitrogen and oxygen atoms in total. The number of hydrogen-bond acceptors (Lipinski definition) is 9. The highest BCUT2D eigenvalue weighted by Crippen LogP contribution is 2.33. The number of phenols is 2. The van der Waals surface area contributed by atoms with Gasteiger partial charge in [0.25, 0.3) is 5.56 Å². The van der Waals surface area contributed by atoms with Crippen molar-refractivity contribution in [3.05, 3.63) is 69.3 Å². The highest BCUT2D eigenvalue weighted by Gasteiger charge is 2.18. The molecule has 0 fully saturated rings. The van der Waals surface area contributed by atoms with E-state index in [1.54, 1.807) is 16.7 Å². The Kier molecular flexibility index (Phi) is 5.24. The van der Waals surface area contributed by atoms with Gasteiger partial charge in [0.05, 0.1) is 17.8 Å². The molecule has 2 aromatic heterocycles. The van der Waals surface area contributed by atoms with E-state index >= 15 is 0 Å². The molecule has 0 bridgehead atoms. The van der Waals surface area contributed by atoms with E-state index < -0.39 is 0 Å². The first-order valence-corrected chi connectivity index (χ1v) is 11.4. The molecule has 0 saturated carbocycles. The van der Waals surface area contributed by atoms with E-state index in [1.165, 1.54) is 29.5 Å². The lowest BCUT2D eigenvalue weighted by Gasteiger charge is -2.12. The summed E-state index contributed by atoms with van der Waals surface area (Å²) in [4.78, 5) is 30.4. The Morgan fingerprint density at radius 3 is 2.78 bits per heavy atom. The van der Waals surface area contributed by atoms with Gasteiger partial charge in [0.2, 0.25) is 6.79 Å². The number of fused-ring (bicyclic) bond motifs is 2. The average Bonchev–Trinajstić information content (AvgIpc) is 3.45. The number of aromatic hydroxyl groups is 2. The molecular formula is C22H16N2O6S2. The van der Waals surface area contributed by atoms with Crippen molar-refractivity contribution < 1.29 is 24.5 Å². The Morgan fingerprint density at radius 2 is 1.94 bits per heavy atom. The van der Waals surface area contributed by atoms with Crippen LogP contribution in [0.2, 0.25) is 0 Å². The van der Waals surface area contributed by atoms with Crippen LogP contribution in [0.4, 0.5) is 0 Å². The Morgan fingerprint density at radius 1 is 1.09 bits per heavy atom. The molecule has 5 rings (SSSR count). The number of thiophene rings is 1. The minimum Gasteiger partial charge on any atom is -0.504 e. The van der Waals surface area contributed by atoms with Crippen LogP contribution < -0.4 is 15.0 Å². The van der Waals surface area contributed by atoms with E-state index in [0.29, 0.717) is 26.9 Å². The first-order chi connectivity index (χ1) is 15.5. The van der Waals surface area contributed by atoms with Gasteiger partial charge in [0.15, 0.2) is 33.9 Å². The van der Waals surface area contributed by atoms with E-state index in [0.717, 1.165) is 17.3 Å². The molecule has 162 valence electrons. The average molecular weight is 469 g/mol. The van der Waals surface area contributed by atoms with Crippen molar-refractivity contribution in [1.82, 2.24) is 9.55 Å². The molecule has 10 heteroatoms. The molecule has 2 N–H and O–H groups in total. The zero-order chi connectivity index (χ0) is 22.2. The van der Waals surface area contributed by atoms with Gasteiger partial charge in [-0.2, -0.15) is 0 Å². The zero-order valence-corrected chi connectivity index (χ0v) is 18.1. The molecule has 0 radical (unpaired) electrons. The highest BCUT2D eigenvalue weighted by molar-refractivity contribution is 7.99. The molecule has 0 atom stereocenters. The first kappa shape index (κ1) is 20.4. The van der Waals surface area contributed by atoms with Crippen LogP contribution in [-0.2, 0) is 6.54 Å². The molecule has 2 aromatic carbocycles. The van der Waals surface area contributed by atoms with Crippen molar-refractivity contribution in [2.75, 3.05) is 12.5 Å². The number of ketones is 1. The second-order valence-corrected chi connectivity index (χ2v) is 8.88. The van der Waals surface area contributed by atoms with Gasteiger partial charge < -0.3 is 19.7 Å². The van der Waals surface area contributed by atoms with Crippen molar-refractivity contribution in [2.45, 2.75) is 11.7 Å². The van der Waals surface area contributed by atoms with Gasteiger partial charge in [0, 0.05) is 5.56 Å². The molecule has 1 aliphatic rings. The second-order valence-electron chi connectivity index (χ2n) is 7.02. The molecule has 0 spiro atoms. The van der Waals surface area contributed by atoms with E-state index in [2.05, 4.69) is 4.98 Å². The fourth-order valence-electron chi connectivity index (χ4n) is 3.31. The third-order valence-electron chi connectivity index (χ3n) is 4.94. The van der Waals surface area contributed by atoms with Crippen molar-refractivity contribution in [2.24, 2.45) is 0 Å². The van der Waals surface area contributed by atoms with Gasteiger partial charge >= 0.3 is 0 Å². The number of hydrogen-bond donors (Lipinski definition) is 2. The van der Waals surface area contributed by atoms with Crippen molar-refractivity contribution >= 4 is 39.1 Å². The molecule has 3 heterocycles. The Balaban J connectivity index is 1.46. The maximum atomic E-state index is 13.2. The van der Waals surface area contributed by atoms with Gasteiger partial charge in [-0.3, -0.25) is 14.2 Å². The summed E-state index contributed by atoms with van der Waals surface area (Å²) in [5.74, 6) is 0.366. The summed E-state index contributed by atoms with van der Waals surface area (Å²) in [6.07, 6.45) is 0. The number of carbonyl (C=O) groups excluding carboxylic acids is 1. The number of thioether (sulfide) groups is 1. The molecule has 0 unspecified atom stereocenters. The first-order valence-electron chi connectivity index (χ1n) is 9.54. The van der Waals surface area contributed by atoms with Crippen LogP contribution in [0.25, 0.3) is 10.2 Å². The van der Waals surface area contributed by atoms with Crippen molar-refractivity contribution in [1.29, 1.82) is 0 Å².